The van der Waals surface area contributed by atoms with Gasteiger partial charge < -0.3 is 0 Å². The van der Waals surface area contributed by atoms with E-state index in [1.54, 1.807) is 0 Å². The molecule has 0 aromatic heterocycles. The van der Waals surface area contributed by atoms with Crippen molar-refractivity contribution < 1.29 is 4.79 Å². The van der Waals surface area contributed by atoms with Crippen molar-refractivity contribution >= 4 is 29.0 Å². The highest BCUT2D eigenvalue weighted by molar-refractivity contribution is 6.52. The molecule has 0 aromatic rings. The zero-order chi connectivity index (χ0) is 8.86. The molecule has 1 saturated carbocycles. The summed E-state index contributed by atoms with van der Waals surface area (Å²) in [5.41, 5.74) is -0.309. The lowest BCUT2D eigenvalue weighted by Gasteiger charge is -2.16. The van der Waals surface area contributed by atoms with Crippen LogP contribution in [0.5, 0.6) is 0 Å². The van der Waals surface area contributed by atoms with E-state index in [2.05, 4.69) is 0 Å². The Hall–Kier alpha value is 0.250. The molecule has 0 spiro atoms. The van der Waals surface area contributed by atoms with Gasteiger partial charge in [-0.05, 0) is 6.42 Å². The average molecular weight is 195 g/mol. The minimum Gasteiger partial charge on any atom is -0.299 e. The van der Waals surface area contributed by atoms with Gasteiger partial charge in [-0.3, -0.25) is 4.79 Å². The van der Waals surface area contributed by atoms with E-state index in [4.69, 9.17) is 23.2 Å². The van der Waals surface area contributed by atoms with Crippen LogP contribution in [0.3, 0.4) is 0 Å². The second kappa shape index (κ2) is 2.37. The van der Waals surface area contributed by atoms with Crippen LogP contribution in [-0.4, -0.2) is 10.1 Å². The smallest absolute Gasteiger partial charge is 0.144 e. The van der Waals surface area contributed by atoms with Crippen LogP contribution in [0, 0.1) is 11.3 Å². The van der Waals surface area contributed by atoms with Crippen molar-refractivity contribution in [2.45, 2.75) is 31.5 Å². The summed E-state index contributed by atoms with van der Waals surface area (Å²) in [5, 5.41) is 0. The maximum atomic E-state index is 11.5. The molecule has 0 amide bonds. The molecular weight excluding hydrogens is 183 g/mol. The van der Waals surface area contributed by atoms with Gasteiger partial charge in [0, 0.05) is 5.41 Å². The molecule has 11 heavy (non-hydrogen) atoms. The van der Waals surface area contributed by atoms with Gasteiger partial charge in [0.2, 0.25) is 0 Å². The second-order valence-electron chi connectivity index (χ2n) is 4.13. The van der Waals surface area contributed by atoms with E-state index >= 15 is 0 Å². The predicted molar refractivity (Wildman–Crippen MR) is 47.0 cm³/mol. The first-order valence-corrected chi connectivity index (χ1v) is 4.43. The molecule has 0 saturated heterocycles. The standard InChI is InChI=1S/C8H12Cl2O/c1-7(2,3)6(11)5-4-8(5,9)10/h5H,4H2,1-3H3. The Bertz CT molecular complexity index is 191. The van der Waals surface area contributed by atoms with Crippen molar-refractivity contribution in [3.8, 4) is 0 Å². The van der Waals surface area contributed by atoms with Crippen LogP contribution < -0.4 is 0 Å². The normalized spacial score (nSPS) is 28.3. The van der Waals surface area contributed by atoms with Crippen molar-refractivity contribution in [1.29, 1.82) is 0 Å². The Kier molecular flexibility index (Phi) is 2.01. The second-order valence-corrected chi connectivity index (χ2v) is 5.67. The molecule has 64 valence electrons. The maximum Gasteiger partial charge on any atom is 0.144 e. The van der Waals surface area contributed by atoms with Crippen LogP contribution >= 0.6 is 23.2 Å². The fourth-order valence-corrected chi connectivity index (χ4v) is 1.53. The maximum absolute atomic E-state index is 11.5. The Morgan fingerprint density at radius 1 is 1.45 bits per heavy atom. The Morgan fingerprint density at radius 3 is 1.91 bits per heavy atom. The monoisotopic (exact) mass is 194 g/mol. The Labute approximate surface area is 77.1 Å². The fraction of sp³-hybridized carbons (Fsp3) is 0.875. The third kappa shape index (κ3) is 1.88. The summed E-state index contributed by atoms with van der Waals surface area (Å²) in [6.07, 6.45) is 0.617. The molecule has 1 aliphatic carbocycles. The molecule has 0 radical (unpaired) electrons. The van der Waals surface area contributed by atoms with Crippen LogP contribution in [0.15, 0.2) is 0 Å². The third-order valence-corrected chi connectivity index (χ3v) is 2.72. The topological polar surface area (TPSA) is 17.1 Å². The fourth-order valence-electron chi connectivity index (χ4n) is 1.02. The number of carbonyl (C=O) groups is 1. The van der Waals surface area contributed by atoms with E-state index in [1.165, 1.54) is 0 Å². The van der Waals surface area contributed by atoms with E-state index in [0.717, 1.165) is 0 Å². The molecule has 0 aliphatic heterocycles. The van der Waals surface area contributed by atoms with E-state index in [0.29, 0.717) is 6.42 Å². The number of halogens is 2. The summed E-state index contributed by atoms with van der Waals surface area (Å²) >= 11 is 11.5. The van der Waals surface area contributed by atoms with Gasteiger partial charge in [0.25, 0.3) is 0 Å². The molecular formula is C8H12Cl2O. The summed E-state index contributed by atoms with van der Waals surface area (Å²) < 4.78 is -0.760. The first-order valence-electron chi connectivity index (χ1n) is 3.67. The van der Waals surface area contributed by atoms with Gasteiger partial charge in [-0.1, -0.05) is 20.8 Å². The third-order valence-electron chi connectivity index (χ3n) is 1.88. The number of hydrogen-bond donors (Lipinski definition) is 0. The van der Waals surface area contributed by atoms with Crippen LogP contribution in [0.25, 0.3) is 0 Å². The largest absolute Gasteiger partial charge is 0.299 e. The van der Waals surface area contributed by atoms with Crippen molar-refractivity contribution in [2.24, 2.45) is 11.3 Å². The zero-order valence-electron chi connectivity index (χ0n) is 6.95. The first kappa shape index (κ1) is 9.34. The quantitative estimate of drug-likeness (QED) is 0.588. The van der Waals surface area contributed by atoms with E-state index in [1.807, 2.05) is 20.8 Å². The summed E-state index contributed by atoms with van der Waals surface area (Å²) in [6, 6.07) is 0. The molecule has 1 aliphatic rings. The number of carbonyl (C=O) groups excluding carboxylic acids is 1. The number of hydrogen-bond acceptors (Lipinski definition) is 1. The lowest BCUT2D eigenvalue weighted by atomic mass is 9.88. The number of alkyl halides is 2. The van der Waals surface area contributed by atoms with Crippen LogP contribution in [0.4, 0.5) is 0 Å². The van der Waals surface area contributed by atoms with Gasteiger partial charge in [0.05, 0.1) is 5.92 Å². The minimum atomic E-state index is -0.760. The van der Waals surface area contributed by atoms with Gasteiger partial charge in [-0.2, -0.15) is 0 Å². The van der Waals surface area contributed by atoms with Crippen molar-refractivity contribution in [1.82, 2.24) is 0 Å². The van der Waals surface area contributed by atoms with Crippen LogP contribution in [-0.2, 0) is 4.79 Å². The van der Waals surface area contributed by atoms with Gasteiger partial charge in [-0.15, -0.1) is 23.2 Å². The Balaban J connectivity index is 2.60. The molecule has 0 heterocycles. The van der Waals surface area contributed by atoms with Gasteiger partial charge in [0.1, 0.15) is 10.1 Å². The lowest BCUT2D eigenvalue weighted by molar-refractivity contribution is -0.127. The molecule has 1 nitrogen and oxygen atoms in total. The SMILES string of the molecule is CC(C)(C)C(=O)C1CC1(Cl)Cl. The van der Waals surface area contributed by atoms with Crippen molar-refractivity contribution in [3.05, 3.63) is 0 Å². The summed E-state index contributed by atoms with van der Waals surface area (Å²) in [6.45, 7) is 5.66. The molecule has 0 bridgehead atoms. The molecule has 1 atom stereocenters. The van der Waals surface area contributed by atoms with Crippen molar-refractivity contribution in [2.75, 3.05) is 0 Å². The molecule has 3 heteroatoms. The van der Waals surface area contributed by atoms with Gasteiger partial charge >= 0.3 is 0 Å². The average Bonchev–Trinajstić information content (AvgIpc) is 2.36. The highest BCUT2D eigenvalue weighted by Gasteiger charge is 2.57. The van der Waals surface area contributed by atoms with E-state index in [9.17, 15) is 4.79 Å². The summed E-state index contributed by atoms with van der Waals surface area (Å²) in [7, 11) is 0. The van der Waals surface area contributed by atoms with Gasteiger partial charge in [-0.25, -0.2) is 0 Å². The highest BCUT2D eigenvalue weighted by atomic mass is 35.5. The highest BCUT2D eigenvalue weighted by Crippen LogP contribution is 2.55. The minimum absolute atomic E-state index is 0.133. The number of ketones is 1. The molecule has 1 rings (SSSR count). The lowest BCUT2D eigenvalue weighted by Crippen LogP contribution is -2.23. The van der Waals surface area contributed by atoms with Crippen molar-refractivity contribution in [3.63, 3.8) is 0 Å². The summed E-state index contributed by atoms with van der Waals surface area (Å²) in [5.74, 6) is 0.0355. The first-order chi connectivity index (χ1) is 4.75. The molecule has 1 unspecified atom stereocenters. The summed E-state index contributed by atoms with van der Waals surface area (Å²) in [4.78, 5) is 11.5. The Morgan fingerprint density at radius 2 is 1.82 bits per heavy atom. The van der Waals surface area contributed by atoms with E-state index in [-0.39, 0.29) is 17.1 Å². The number of rotatable bonds is 1. The zero-order valence-corrected chi connectivity index (χ0v) is 8.46. The molecule has 0 N–H and O–H groups in total. The van der Waals surface area contributed by atoms with E-state index < -0.39 is 4.33 Å². The predicted octanol–water partition coefficient (Wildman–Crippen LogP) is 2.80. The number of Topliss-reactive ketones (excluding diaryl/α,β-unsaturated/α-hetero) is 1. The van der Waals surface area contributed by atoms with Crippen LogP contribution in [0.2, 0.25) is 0 Å². The van der Waals surface area contributed by atoms with Crippen LogP contribution in [0.1, 0.15) is 27.2 Å². The van der Waals surface area contributed by atoms with Gasteiger partial charge in [0.15, 0.2) is 0 Å². The molecule has 1 fully saturated rings. The molecule has 0 aromatic carbocycles.